The van der Waals surface area contributed by atoms with Crippen molar-refractivity contribution in [1.29, 1.82) is 0 Å². The van der Waals surface area contributed by atoms with Crippen LogP contribution in [-0.2, 0) is 24.7 Å². The molecular weight excluding hydrogens is 365 g/mol. The summed E-state index contributed by atoms with van der Waals surface area (Å²) in [6.07, 6.45) is -6.41. The lowest BCUT2D eigenvalue weighted by Gasteiger charge is -2.44. The molecule has 0 spiro atoms. The summed E-state index contributed by atoms with van der Waals surface area (Å²) in [5.41, 5.74) is -3.52. The summed E-state index contributed by atoms with van der Waals surface area (Å²) in [7, 11) is 0. The Morgan fingerprint density at radius 2 is 1.70 bits per heavy atom. The van der Waals surface area contributed by atoms with E-state index in [1.165, 1.54) is 6.92 Å². The van der Waals surface area contributed by atoms with Crippen LogP contribution >= 0.6 is 0 Å². The minimum absolute atomic E-state index is 0.105. The van der Waals surface area contributed by atoms with Gasteiger partial charge in [0.15, 0.2) is 12.2 Å². The van der Waals surface area contributed by atoms with Crippen molar-refractivity contribution in [3.05, 3.63) is 48.0 Å². The normalized spacial score (nSPS) is 25.5. The van der Waals surface area contributed by atoms with Gasteiger partial charge in [-0.1, -0.05) is 36.9 Å². The first-order chi connectivity index (χ1) is 12.5. The van der Waals surface area contributed by atoms with Gasteiger partial charge >= 0.3 is 18.1 Å². The van der Waals surface area contributed by atoms with E-state index in [0.717, 1.165) is 0 Å². The summed E-state index contributed by atoms with van der Waals surface area (Å²) in [4.78, 5) is 23.6. The number of aliphatic hydroxyl groups is 1. The Labute approximate surface area is 154 Å². The van der Waals surface area contributed by atoms with Crippen molar-refractivity contribution in [1.82, 2.24) is 0 Å². The van der Waals surface area contributed by atoms with Gasteiger partial charge in [0.1, 0.15) is 5.60 Å². The van der Waals surface area contributed by atoms with Crippen LogP contribution in [0.4, 0.5) is 13.2 Å². The first kappa shape index (κ1) is 21.0. The SMILES string of the molecule is C=C(C)C(=O)OCC(=O)OC1(c2ccccc2)CCC(O)(C(F)(F)F)CC1. The molecule has 0 atom stereocenters. The second-order valence-electron chi connectivity index (χ2n) is 6.72. The van der Waals surface area contributed by atoms with Gasteiger partial charge in [-0.05, 0) is 38.2 Å². The summed E-state index contributed by atoms with van der Waals surface area (Å²) in [6.45, 7) is 4.13. The van der Waals surface area contributed by atoms with E-state index in [1.54, 1.807) is 30.3 Å². The highest BCUT2D eigenvalue weighted by molar-refractivity contribution is 5.88. The van der Waals surface area contributed by atoms with E-state index < -0.39 is 48.8 Å². The van der Waals surface area contributed by atoms with E-state index in [-0.39, 0.29) is 18.4 Å². The highest BCUT2D eigenvalue weighted by atomic mass is 19.4. The number of halogens is 3. The van der Waals surface area contributed by atoms with Crippen molar-refractivity contribution in [3.8, 4) is 0 Å². The second kappa shape index (κ2) is 7.72. The number of hydrogen-bond donors (Lipinski definition) is 1. The molecule has 1 aliphatic carbocycles. The molecule has 148 valence electrons. The first-order valence-electron chi connectivity index (χ1n) is 8.38. The van der Waals surface area contributed by atoms with E-state index >= 15 is 0 Å². The Hall–Kier alpha value is -2.35. The number of carbonyl (C=O) groups is 2. The summed E-state index contributed by atoms with van der Waals surface area (Å²) in [5.74, 6) is -1.65. The van der Waals surface area contributed by atoms with Crippen molar-refractivity contribution < 1.29 is 37.3 Å². The lowest BCUT2D eigenvalue weighted by molar-refractivity contribution is -0.280. The average molecular weight is 386 g/mol. The Balaban J connectivity index is 2.18. The Morgan fingerprint density at radius 3 is 2.19 bits per heavy atom. The standard InChI is InChI=1S/C19H21F3O5/c1-13(2)16(24)26-12-15(23)27-17(14-6-4-3-5-7-14)8-10-18(25,11-9-17)19(20,21)22/h3-7,25H,1,8-12H2,2H3. The van der Waals surface area contributed by atoms with Gasteiger partial charge in [-0.25, -0.2) is 9.59 Å². The molecule has 2 rings (SSSR count). The van der Waals surface area contributed by atoms with Crippen molar-refractivity contribution in [2.45, 2.75) is 50.0 Å². The molecule has 0 heterocycles. The number of alkyl halides is 3. The van der Waals surface area contributed by atoms with E-state index in [9.17, 15) is 27.9 Å². The quantitative estimate of drug-likeness (QED) is 0.620. The van der Waals surface area contributed by atoms with Crippen LogP contribution in [-0.4, -0.2) is 35.4 Å². The molecule has 1 aromatic carbocycles. The first-order valence-corrected chi connectivity index (χ1v) is 8.38. The molecule has 1 aromatic rings. The molecule has 5 nitrogen and oxygen atoms in total. The summed E-state index contributed by atoms with van der Waals surface area (Å²) >= 11 is 0. The number of rotatable bonds is 5. The van der Waals surface area contributed by atoms with Gasteiger partial charge in [0.25, 0.3) is 0 Å². The molecule has 1 fully saturated rings. The lowest BCUT2D eigenvalue weighted by Crippen LogP contribution is -2.52. The van der Waals surface area contributed by atoms with Crippen LogP contribution in [0.1, 0.15) is 38.2 Å². The summed E-state index contributed by atoms with van der Waals surface area (Å²) < 4.78 is 49.5. The lowest BCUT2D eigenvalue weighted by atomic mass is 9.72. The Kier molecular flexibility index (Phi) is 5.99. The highest BCUT2D eigenvalue weighted by Crippen LogP contribution is 2.49. The number of carbonyl (C=O) groups excluding carboxylic acids is 2. The molecule has 1 N–H and O–H groups in total. The third kappa shape index (κ3) is 4.68. The zero-order chi connectivity index (χ0) is 20.3. The summed E-state index contributed by atoms with van der Waals surface area (Å²) in [6, 6.07) is 8.37. The smallest absolute Gasteiger partial charge is 0.417 e. The predicted octanol–water partition coefficient (Wildman–Crippen LogP) is 3.41. The fraction of sp³-hybridized carbons (Fsp3) is 0.474. The molecule has 0 amide bonds. The molecule has 27 heavy (non-hydrogen) atoms. The van der Waals surface area contributed by atoms with Gasteiger partial charge in [-0.2, -0.15) is 13.2 Å². The third-order valence-corrected chi connectivity index (χ3v) is 4.69. The van der Waals surface area contributed by atoms with Crippen LogP contribution in [0.15, 0.2) is 42.5 Å². The monoisotopic (exact) mass is 386 g/mol. The maximum Gasteiger partial charge on any atom is 0.417 e. The van der Waals surface area contributed by atoms with E-state index in [1.807, 2.05) is 0 Å². The molecule has 0 aromatic heterocycles. The van der Waals surface area contributed by atoms with Crippen molar-refractivity contribution >= 4 is 11.9 Å². The van der Waals surface area contributed by atoms with Crippen molar-refractivity contribution in [2.24, 2.45) is 0 Å². The van der Waals surface area contributed by atoms with Gasteiger partial charge in [-0.3, -0.25) is 0 Å². The number of hydrogen-bond acceptors (Lipinski definition) is 5. The third-order valence-electron chi connectivity index (χ3n) is 4.69. The van der Waals surface area contributed by atoms with E-state index in [2.05, 4.69) is 6.58 Å². The largest absolute Gasteiger partial charge is 0.452 e. The van der Waals surface area contributed by atoms with E-state index in [0.29, 0.717) is 5.56 Å². The van der Waals surface area contributed by atoms with Crippen LogP contribution < -0.4 is 0 Å². The minimum Gasteiger partial charge on any atom is -0.452 e. The highest BCUT2D eigenvalue weighted by Gasteiger charge is 2.58. The average Bonchev–Trinajstić information content (AvgIpc) is 2.61. The van der Waals surface area contributed by atoms with Gasteiger partial charge in [0.05, 0.1) is 0 Å². The molecule has 0 unspecified atom stereocenters. The topological polar surface area (TPSA) is 72.8 Å². The molecule has 1 aliphatic rings. The molecule has 0 bridgehead atoms. The van der Waals surface area contributed by atoms with Crippen molar-refractivity contribution in [2.75, 3.05) is 6.61 Å². The van der Waals surface area contributed by atoms with Crippen molar-refractivity contribution in [3.63, 3.8) is 0 Å². The molecular formula is C19H21F3O5. The van der Waals surface area contributed by atoms with Gasteiger partial charge in [0.2, 0.25) is 0 Å². The van der Waals surface area contributed by atoms with Crippen LogP contribution in [0.5, 0.6) is 0 Å². The van der Waals surface area contributed by atoms with Gasteiger partial charge in [-0.15, -0.1) is 0 Å². The molecule has 8 heteroatoms. The second-order valence-corrected chi connectivity index (χ2v) is 6.72. The maximum absolute atomic E-state index is 13.1. The van der Waals surface area contributed by atoms with Crippen LogP contribution in [0.3, 0.4) is 0 Å². The fourth-order valence-electron chi connectivity index (χ4n) is 3.04. The molecule has 1 saturated carbocycles. The zero-order valence-electron chi connectivity index (χ0n) is 14.8. The van der Waals surface area contributed by atoms with Crippen LogP contribution in [0.2, 0.25) is 0 Å². The van der Waals surface area contributed by atoms with Gasteiger partial charge < -0.3 is 14.6 Å². The van der Waals surface area contributed by atoms with E-state index in [4.69, 9.17) is 9.47 Å². The zero-order valence-corrected chi connectivity index (χ0v) is 14.8. The number of ether oxygens (including phenoxy) is 2. The minimum atomic E-state index is -4.77. The number of benzene rings is 1. The van der Waals surface area contributed by atoms with Crippen LogP contribution in [0.25, 0.3) is 0 Å². The molecule has 0 aliphatic heterocycles. The summed E-state index contributed by atoms with van der Waals surface area (Å²) in [5, 5.41) is 9.91. The maximum atomic E-state index is 13.1. The van der Waals surface area contributed by atoms with Gasteiger partial charge in [0, 0.05) is 5.57 Å². The number of esters is 2. The Morgan fingerprint density at radius 1 is 1.15 bits per heavy atom. The van der Waals surface area contributed by atoms with Crippen LogP contribution in [0, 0.1) is 0 Å². The molecule has 0 radical (unpaired) electrons. The molecule has 0 saturated heterocycles. The Bertz CT molecular complexity index is 704. The predicted molar refractivity (Wildman–Crippen MR) is 89.5 cm³/mol. The fourth-order valence-corrected chi connectivity index (χ4v) is 3.04.